The molecule has 0 aliphatic heterocycles. The summed E-state index contributed by atoms with van der Waals surface area (Å²) in [7, 11) is -4.59. The SMILES string of the molecule is CC1(C)CCC2C(=O)C[C@@H]3[C@@]4(C)C=C(C#N)C(=O)C(C)(C)[C@@H]4CC[C@@]3(C)[C@]2(C)CC[C@@H](NS(=O)(=O)CC(F)(F)F)CC1. The second-order valence-corrected chi connectivity index (χ2v) is 17.5. The standard InChI is InChI=1S/C32H47F3N2O4S/c1-27(2)12-8-21(37-42(40,41)19-32(33,34)35)9-14-30(6)22(10-13-27)23(38)16-25-29(5)17-20(18-36)26(39)28(3,4)24(29)11-15-31(25,30)7/h17,21-22,24-25,37H,8-16,19H2,1-7H3/t21-,22?,24-,25+,29-,30+,31+/m0/s1. The van der Waals surface area contributed by atoms with Gasteiger partial charge in [-0.25, -0.2) is 13.1 Å². The van der Waals surface area contributed by atoms with Gasteiger partial charge in [0.2, 0.25) is 10.0 Å². The number of carbonyl (C=O) groups is 2. The second-order valence-electron chi connectivity index (χ2n) is 15.8. The maximum Gasteiger partial charge on any atom is 0.404 e. The molecule has 4 rings (SSSR count). The molecule has 0 aromatic heterocycles. The van der Waals surface area contributed by atoms with Crippen LogP contribution in [0.25, 0.3) is 0 Å². The molecular formula is C32H47F3N2O4S. The van der Waals surface area contributed by atoms with Crippen LogP contribution >= 0.6 is 0 Å². The molecule has 4 aliphatic carbocycles. The zero-order valence-electron chi connectivity index (χ0n) is 26.1. The average Bonchev–Trinajstić information content (AvgIpc) is 2.83. The van der Waals surface area contributed by atoms with Gasteiger partial charge in [-0.05, 0) is 84.9 Å². The molecule has 42 heavy (non-hydrogen) atoms. The molecule has 1 unspecified atom stereocenters. The van der Waals surface area contributed by atoms with Crippen LogP contribution in [0.3, 0.4) is 0 Å². The van der Waals surface area contributed by atoms with E-state index in [0.29, 0.717) is 38.5 Å². The highest BCUT2D eigenvalue weighted by Gasteiger charge is 2.68. The molecule has 10 heteroatoms. The van der Waals surface area contributed by atoms with Gasteiger partial charge in [0.1, 0.15) is 11.9 Å². The van der Waals surface area contributed by atoms with Gasteiger partial charge >= 0.3 is 6.18 Å². The van der Waals surface area contributed by atoms with Crippen LogP contribution in [-0.4, -0.2) is 38.0 Å². The number of hydrogen-bond acceptors (Lipinski definition) is 5. The quantitative estimate of drug-likeness (QED) is 0.373. The molecule has 0 amide bonds. The Balaban J connectivity index is 1.77. The Kier molecular flexibility index (Phi) is 8.23. The van der Waals surface area contributed by atoms with Gasteiger partial charge in [-0.1, -0.05) is 54.5 Å². The van der Waals surface area contributed by atoms with Crippen molar-refractivity contribution in [1.29, 1.82) is 5.26 Å². The number of fused-ring (bicyclic) bond motifs is 5. The number of carbonyl (C=O) groups excluding carboxylic acids is 2. The molecule has 3 saturated carbocycles. The summed E-state index contributed by atoms with van der Waals surface area (Å²) in [5, 5.41) is 9.88. The Hall–Kier alpha value is -1.73. The smallest absolute Gasteiger partial charge is 0.299 e. The fourth-order valence-electron chi connectivity index (χ4n) is 9.80. The van der Waals surface area contributed by atoms with Gasteiger partial charge in [-0.15, -0.1) is 0 Å². The second kappa shape index (κ2) is 10.4. The molecule has 0 saturated heterocycles. The Bertz CT molecular complexity index is 1310. The van der Waals surface area contributed by atoms with E-state index in [1.807, 2.05) is 19.9 Å². The molecule has 6 nitrogen and oxygen atoms in total. The minimum Gasteiger partial charge on any atom is -0.299 e. The van der Waals surface area contributed by atoms with Crippen molar-refractivity contribution in [3.8, 4) is 6.07 Å². The fraction of sp³-hybridized carbons (Fsp3) is 0.844. The first-order valence-electron chi connectivity index (χ1n) is 15.3. The third kappa shape index (κ3) is 5.62. The molecule has 4 aliphatic rings. The van der Waals surface area contributed by atoms with Crippen LogP contribution in [0.1, 0.15) is 106 Å². The minimum absolute atomic E-state index is 0.0407. The zero-order chi connectivity index (χ0) is 31.7. The number of nitriles is 1. The lowest BCUT2D eigenvalue weighted by Gasteiger charge is -2.68. The normalized spacial score (nSPS) is 40.5. The van der Waals surface area contributed by atoms with E-state index in [0.717, 1.165) is 19.3 Å². The summed E-state index contributed by atoms with van der Waals surface area (Å²) in [6, 6.07) is 1.45. The van der Waals surface area contributed by atoms with Crippen molar-refractivity contribution >= 4 is 21.6 Å². The van der Waals surface area contributed by atoms with Gasteiger partial charge in [0.05, 0.1) is 5.57 Å². The van der Waals surface area contributed by atoms with Gasteiger partial charge in [0.25, 0.3) is 0 Å². The number of rotatable bonds is 3. The van der Waals surface area contributed by atoms with Crippen LogP contribution in [0, 0.1) is 56.2 Å². The number of Topliss-reactive ketones (excluding diaryl/α,β-unsaturated/α-hetero) is 2. The third-order valence-electron chi connectivity index (χ3n) is 12.4. The molecule has 0 radical (unpaired) electrons. The Morgan fingerprint density at radius 3 is 2.07 bits per heavy atom. The van der Waals surface area contributed by atoms with Crippen molar-refractivity contribution in [3.05, 3.63) is 11.6 Å². The highest BCUT2D eigenvalue weighted by atomic mass is 32.2. The van der Waals surface area contributed by atoms with Crippen LogP contribution in [-0.2, 0) is 19.6 Å². The van der Waals surface area contributed by atoms with Crippen molar-refractivity contribution in [2.45, 2.75) is 118 Å². The number of hydrogen-bond donors (Lipinski definition) is 1. The molecule has 3 fully saturated rings. The van der Waals surface area contributed by atoms with E-state index in [-0.39, 0.29) is 45.7 Å². The zero-order valence-corrected chi connectivity index (χ0v) is 26.9. The lowest BCUT2D eigenvalue weighted by molar-refractivity contribution is -0.190. The van der Waals surface area contributed by atoms with Crippen molar-refractivity contribution < 1.29 is 31.2 Å². The maximum absolute atomic E-state index is 14.2. The van der Waals surface area contributed by atoms with Gasteiger partial charge in [-0.2, -0.15) is 18.4 Å². The average molecular weight is 613 g/mol. The van der Waals surface area contributed by atoms with Gasteiger partial charge in [0.15, 0.2) is 11.5 Å². The molecule has 0 heterocycles. The lowest BCUT2D eigenvalue weighted by Crippen LogP contribution is -2.65. The summed E-state index contributed by atoms with van der Waals surface area (Å²) in [6.45, 7) is 14.4. The number of alkyl halides is 3. The van der Waals surface area contributed by atoms with Crippen molar-refractivity contribution in [1.82, 2.24) is 4.72 Å². The molecule has 0 spiro atoms. The number of halogens is 3. The largest absolute Gasteiger partial charge is 0.404 e. The van der Waals surface area contributed by atoms with Crippen LogP contribution in [0.4, 0.5) is 13.2 Å². The van der Waals surface area contributed by atoms with Crippen LogP contribution in [0.5, 0.6) is 0 Å². The van der Waals surface area contributed by atoms with Crippen LogP contribution < -0.4 is 4.72 Å². The number of nitrogens with zero attached hydrogens (tertiary/aromatic N) is 1. The van der Waals surface area contributed by atoms with E-state index in [1.165, 1.54) is 0 Å². The highest BCUT2D eigenvalue weighted by Crippen LogP contribution is 2.72. The van der Waals surface area contributed by atoms with E-state index >= 15 is 0 Å². The minimum atomic E-state index is -4.84. The Morgan fingerprint density at radius 2 is 1.48 bits per heavy atom. The van der Waals surface area contributed by atoms with E-state index in [2.05, 4.69) is 45.4 Å². The predicted octanol–water partition coefficient (Wildman–Crippen LogP) is 6.91. The topological polar surface area (TPSA) is 104 Å². The monoisotopic (exact) mass is 612 g/mol. The first kappa shape index (κ1) is 33.2. The van der Waals surface area contributed by atoms with Crippen LogP contribution in [0.2, 0.25) is 0 Å². The van der Waals surface area contributed by atoms with Gasteiger partial charge in [0, 0.05) is 23.8 Å². The van der Waals surface area contributed by atoms with Crippen molar-refractivity contribution in [2.75, 3.05) is 5.75 Å². The maximum atomic E-state index is 14.2. The molecule has 7 atom stereocenters. The third-order valence-corrected chi connectivity index (χ3v) is 13.8. The fourth-order valence-corrected chi connectivity index (χ4v) is 11.1. The Labute approximate surface area is 249 Å². The first-order valence-corrected chi connectivity index (χ1v) is 16.9. The van der Waals surface area contributed by atoms with Crippen molar-refractivity contribution in [3.63, 3.8) is 0 Å². The molecule has 0 aromatic rings. The number of ketones is 2. The summed E-state index contributed by atoms with van der Waals surface area (Å²) in [5.74, 6) is -2.35. The molecule has 1 N–H and O–H groups in total. The predicted molar refractivity (Wildman–Crippen MR) is 154 cm³/mol. The molecular weight excluding hydrogens is 565 g/mol. The summed E-state index contributed by atoms with van der Waals surface area (Å²) in [6.07, 6.45) is 2.21. The number of sulfonamides is 1. The summed E-state index contributed by atoms with van der Waals surface area (Å²) in [4.78, 5) is 27.4. The Morgan fingerprint density at radius 1 is 0.905 bits per heavy atom. The molecule has 0 aromatic carbocycles. The summed E-state index contributed by atoms with van der Waals surface area (Å²) in [5.41, 5.74) is -2.31. The lowest BCUT2D eigenvalue weighted by atomic mass is 9.35. The van der Waals surface area contributed by atoms with Crippen molar-refractivity contribution in [2.24, 2.45) is 44.8 Å². The van der Waals surface area contributed by atoms with E-state index < -0.39 is 44.2 Å². The van der Waals surface area contributed by atoms with Crippen LogP contribution in [0.15, 0.2) is 11.6 Å². The molecule has 0 bridgehead atoms. The van der Waals surface area contributed by atoms with E-state index in [4.69, 9.17) is 0 Å². The molecule has 236 valence electrons. The first-order chi connectivity index (χ1) is 19.0. The summed E-state index contributed by atoms with van der Waals surface area (Å²) < 4.78 is 66.6. The number of nitrogens with one attached hydrogen (secondary N) is 1. The highest BCUT2D eigenvalue weighted by molar-refractivity contribution is 7.89. The van der Waals surface area contributed by atoms with Gasteiger partial charge < -0.3 is 0 Å². The van der Waals surface area contributed by atoms with E-state index in [1.54, 1.807) is 0 Å². The van der Waals surface area contributed by atoms with E-state index in [9.17, 15) is 36.4 Å². The number of allylic oxidation sites excluding steroid dienone is 2. The van der Waals surface area contributed by atoms with Gasteiger partial charge in [-0.3, -0.25) is 9.59 Å². The summed E-state index contributed by atoms with van der Waals surface area (Å²) >= 11 is 0.